The Labute approximate surface area is 154 Å². The van der Waals surface area contributed by atoms with E-state index in [0.717, 1.165) is 37.4 Å². The molecule has 3 heterocycles. The van der Waals surface area contributed by atoms with Gasteiger partial charge in [0.25, 0.3) is 0 Å². The highest BCUT2D eigenvalue weighted by Crippen LogP contribution is 2.33. The molecule has 6 nitrogen and oxygen atoms in total. The summed E-state index contributed by atoms with van der Waals surface area (Å²) in [5, 5.41) is 3.40. The average molecular weight is 354 g/mol. The van der Waals surface area contributed by atoms with E-state index in [4.69, 9.17) is 14.5 Å². The van der Waals surface area contributed by atoms with Gasteiger partial charge in [-0.1, -0.05) is 17.7 Å². The molecular formula is C20H26N4O2. The summed E-state index contributed by atoms with van der Waals surface area (Å²) in [4.78, 5) is 11.4. The molecule has 1 aromatic heterocycles. The molecule has 0 bridgehead atoms. The number of piperidine rings is 1. The van der Waals surface area contributed by atoms with E-state index in [2.05, 4.69) is 48.1 Å². The second-order valence-electron chi connectivity index (χ2n) is 7.23. The molecule has 0 saturated carbocycles. The maximum Gasteiger partial charge on any atom is 0.229 e. The first-order chi connectivity index (χ1) is 12.5. The molecule has 0 aliphatic carbocycles. The van der Waals surface area contributed by atoms with E-state index in [1.54, 1.807) is 0 Å². The lowest BCUT2D eigenvalue weighted by atomic mass is 10.0. The molecule has 1 N–H and O–H groups in total. The zero-order valence-electron chi connectivity index (χ0n) is 15.7. The van der Waals surface area contributed by atoms with Crippen molar-refractivity contribution in [3.05, 3.63) is 41.1 Å². The second-order valence-corrected chi connectivity index (χ2v) is 7.23. The number of nitrogens with one attached hydrogen (secondary N) is 1. The van der Waals surface area contributed by atoms with Crippen molar-refractivity contribution in [1.29, 1.82) is 0 Å². The van der Waals surface area contributed by atoms with Crippen LogP contribution in [0.3, 0.4) is 0 Å². The SMILES string of the molecule is Cc1cc(C)c(Nc2nccc(N3CCC4(CC3)OCCO4)n2)c(C)c1. The molecule has 138 valence electrons. The third-order valence-corrected chi connectivity index (χ3v) is 5.22. The van der Waals surface area contributed by atoms with Gasteiger partial charge >= 0.3 is 0 Å². The minimum absolute atomic E-state index is 0.360. The minimum Gasteiger partial charge on any atom is -0.356 e. The largest absolute Gasteiger partial charge is 0.356 e. The van der Waals surface area contributed by atoms with Gasteiger partial charge in [-0.05, 0) is 38.0 Å². The van der Waals surface area contributed by atoms with Crippen molar-refractivity contribution in [2.24, 2.45) is 0 Å². The van der Waals surface area contributed by atoms with E-state index in [-0.39, 0.29) is 5.79 Å². The predicted molar refractivity (Wildman–Crippen MR) is 102 cm³/mol. The number of rotatable bonds is 3. The summed E-state index contributed by atoms with van der Waals surface area (Å²) in [6.45, 7) is 9.49. The number of benzene rings is 1. The van der Waals surface area contributed by atoms with Crippen LogP contribution in [0.15, 0.2) is 24.4 Å². The van der Waals surface area contributed by atoms with Gasteiger partial charge < -0.3 is 19.7 Å². The van der Waals surface area contributed by atoms with Crippen LogP contribution in [0, 0.1) is 20.8 Å². The number of anilines is 3. The molecule has 2 saturated heterocycles. The fraction of sp³-hybridized carbons (Fsp3) is 0.500. The van der Waals surface area contributed by atoms with Gasteiger partial charge in [-0.15, -0.1) is 0 Å². The summed E-state index contributed by atoms with van der Waals surface area (Å²) in [6.07, 6.45) is 3.56. The van der Waals surface area contributed by atoms with Crippen molar-refractivity contribution in [2.45, 2.75) is 39.4 Å². The Kier molecular flexibility index (Phi) is 4.54. The Bertz CT molecular complexity index is 769. The van der Waals surface area contributed by atoms with Crippen molar-refractivity contribution >= 4 is 17.5 Å². The number of hydrogen-bond acceptors (Lipinski definition) is 6. The number of aromatic nitrogens is 2. The Balaban J connectivity index is 1.49. The molecule has 2 fully saturated rings. The Morgan fingerprint density at radius 3 is 2.35 bits per heavy atom. The molecular weight excluding hydrogens is 328 g/mol. The normalized spacial score (nSPS) is 19.1. The van der Waals surface area contributed by atoms with Crippen LogP contribution in [0.5, 0.6) is 0 Å². The predicted octanol–water partition coefficient (Wildman–Crippen LogP) is 3.49. The summed E-state index contributed by atoms with van der Waals surface area (Å²) in [6, 6.07) is 6.31. The zero-order chi connectivity index (χ0) is 18.1. The first kappa shape index (κ1) is 17.2. The molecule has 1 aromatic carbocycles. The van der Waals surface area contributed by atoms with Gasteiger partial charge in [0.2, 0.25) is 5.95 Å². The first-order valence-electron chi connectivity index (χ1n) is 9.25. The van der Waals surface area contributed by atoms with E-state index < -0.39 is 0 Å². The molecule has 0 unspecified atom stereocenters. The second kappa shape index (κ2) is 6.85. The van der Waals surface area contributed by atoms with Crippen LogP contribution >= 0.6 is 0 Å². The first-order valence-corrected chi connectivity index (χ1v) is 9.25. The maximum atomic E-state index is 5.81. The van der Waals surface area contributed by atoms with Gasteiger partial charge in [0.1, 0.15) is 5.82 Å². The van der Waals surface area contributed by atoms with Crippen LogP contribution < -0.4 is 10.2 Å². The van der Waals surface area contributed by atoms with Crippen molar-refractivity contribution in [2.75, 3.05) is 36.5 Å². The maximum absolute atomic E-state index is 5.81. The Morgan fingerprint density at radius 2 is 1.69 bits per heavy atom. The van der Waals surface area contributed by atoms with Gasteiger partial charge in [0, 0.05) is 37.8 Å². The van der Waals surface area contributed by atoms with Gasteiger partial charge in [0.15, 0.2) is 5.79 Å². The Morgan fingerprint density at radius 1 is 1.04 bits per heavy atom. The van der Waals surface area contributed by atoms with E-state index in [1.807, 2.05) is 12.3 Å². The van der Waals surface area contributed by atoms with Crippen molar-refractivity contribution in [1.82, 2.24) is 9.97 Å². The summed E-state index contributed by atoms with van der Waals surface area (Å²) >= 11 is 0. The summed E-state index contributed by atoms with van der Waals surface area (Å²) in [5.74, 6) is 1.21. The zero-order valence-corrected chi connectivity index (χ0v) is 15.7. The highest BCUT2D eigenvalue weighted by molar-refractivity contribution is 5.64. The minimum atomic E-state index is -0.360. The standard InChI is InChI=1S/C20H26N4O2/c1-14-12-15(2)18(16(3)13-14)23-19-21-7-4-17(22-19)24-8-5-20(6-9-24)25-10-11-26-20/h4,7,12-13H,5-6,8-11H2,1-3H3,(H,21,22,23). The fourth-order valence-electron chi connectivity index (χ4n) is 3.94. The quantitative estimate of drug-likeness (QED) is 0.910. The van der Waals surface area contributed by atoms with Gasteiger partial charge in [0.05, 0.1) is 13.2 Å². The fourth-order valence-corrected chi connectivity index (χ4v) is 3.94. The van der Waals surface area contributed by atoms with Crippen LogP contribution in [0.4, 0.5) is 17.5 Å². The number of ether oxygens (including phenoxy) is 2. The molecule has 1 spiro atoms. The summed E-state index contributed by atoms with van der Waals surface area (Å²) in [7, 11) is 0. The van der Waals surface area contributed by atoms with Crippen molar-refractivity contribution in [3.8, 4) is 0 Å². The summed E-state index contributed by atoms with van der Waals surface area (Å²) < 4.78 is 11.6. The average Bonchev–Trinajstić information content (AvgIpc) is 3.07. The molecule has 2 aromatic rings. The van der Waals surface area contributed by atoms with E-state index in [9.17, 15) is 0 Å². The topological polar surface area (TPSA) is 59.5 Å². The molecule has 6 heteroatoms. The van der Waals surface area contributed by atoms with E-state index in [0.29, 0.717) is 19.2 Å². The number of hydrogen-bond donors (Lipinski definition) is 1. The molecule has 4 rings (SSSR count). The molecule has 0 atom stereocenters. The lowest BCUT2D eigenvalue weighted by molar-refractivity contribution is -0.169. The van der Waals surface area contributed by atoms with Crippen LogP contribution in [-0.4, -0.2) is 42.1 Å². The molecule has 26 heavy (non-hydrogen) atoms. The van der Waals surface area contributed by atoms with Gasteiger partial charge in [-0.2, -0.15) is 4.98 Å². The van der Waals surface area contributed by atoms with Crippen molar-refractivity contribution < 1.29 is 9.47 Å². The van der Waals surface area contributed by atoms with Gasteiger partial charge in [-0.3, -0.25) is 0 Å². The van der Waals surface area contributed by atoms with Crippen molar-refractivity contribution in [3.63, 3.8) is 0 Å². The highest BCUT2D eigenvalue weighted by atomic mass is 16.7. The molecule has 0 radical (unpaired) electrons. The number of aryl methyl sites for hydroxylation is 3. The van der Waals surface area contributed by atoms with E-state index >= 15 is 0 Å². The number of nitrogens with zero attached hydrogens (tertiary/aromatic N) is 3. The monoisotopic (exact) mass is 354 g/mol. The van der Waals surface area contributed by atoms with Crippen LogP contribution in [-0.2, 0) is 9.47 Å². The molecule has 2 aliphatic rings. The third kappa shape index (κ3) is 3.39. The lowest BCUT2D eigenvalue weighted by Crippen LogP contribution is -2.45. The van der Waals surface area contributed by atoms with Crippen LogP contribution in [0.2, 0.25) is 0 Å². The van der Waals surface area contributed by atoms with Crippen LogP contribution in [0.25, 0.3) is 0 Å². The smallest absolute Gasteiger partial charge is 0.229 e. The summed E-state index contributed by atoms with van der Waals surface area (Å²) in [5.41, 5.74) is 4.75. The van der Waals surface area contributed by atoms with Crippen LogP contribution in [0.1, 0.15) is 29.5 Å². The lowest BCUT2D eigenvalue weighted by Gasteiger charge is -2.38. The highest BCUT2D eigenvalue weighted by Gasteiger charge is 2.40. The Hall–Kier alpha value is -2.18. The van der Waals surface area contributed by atoms with E-state index in [1.165, 1.54) is 16.7 Å². The van der Waals surface area contributed by atoms with Gasteiger partial charge in [-0.25, -0.2) is 4.98 Å². The third-order valence-electron chi connectivity index (χ3n) is 5.22. The molecule has 2 aliphatic heterocycles. The molecule has 0 amide bonds.